The van der Waals surface area contributed by atoms with Gasteiger partial charge in [-0.25, -0.2) is 0 Å². The van der Waals surface area contributed by atoms with Gasteiger partial charge in [-0.05, 0) is 32.6 Å². The molecule has 3 N–H and O–H groups in total. The van der Waals surface area contributed by atoms with Crippen LogP contribution in [-0.4, -0.2) is 41.1 Å². The van der Waals surface area contributed by atoms with Gasteiger partial charge >= 0.3 is 0 Å². The van der Waals surface area contributed by atoms with Gasteiger partial charge in [0.05, 0.1) is 6.04 Å². The van der Waals surface area contributed by atoms with Crippen molar-refractivity contribution in [3.63, 3.8) is 0 Å². The molecule has 14 heavy (non-hydrogen) atoms. The number of aliphatic hydroxyl groups excluding tert-OH is 1. The first-order valence-corrected chi connectivity index (χ1v) is 5.33. The lowest BCUT2D eigenvalue weighted by atomic mass is 10.0. The van der Waals surface area contributed by atoms with Crippen molar-refractivity contribution in [2.24, 2.45) is 5.73 Å². The Morgan fingerprint density at radius 2 is 2.43 bits per heavy atom. The van der Waals surface area contributed by atoms with Crippen molar-refractivity contribution in [3.8, 4) is 0 Å². The maximum atomic E-state index is 11.7. The maximum absolute atomic E-state index is 11.7. The van der Waals surface area contributed by atoms with E-state index in [0.29, 0.717) is 0 Å². The number of rotatable bonds is 4. The average molecular weight is 200 g/mol. The summed E-state index contributed by atoms with van der Waals surface area (Å²) in [4.78, 5) is 13.5. The van der Waals surface area contributed by atoms with Crippen LogP contribution in [0, 0.1) is 0 Å². The number of nitrogens with zero attached hydrogens (tertiary/aromatic N) is 1. The molecule has 0 bridgehead atoms. The lowest BCUT2D eigenvalue weighted by molar-refractivity contribution is -0.137. The van der Waals surface area contributed by atoms with E-state index in [1.54, 1.807) is 0 Å². The molecule has 0 aromatic rings. The van der Waals surface area contributed by atoms with Crippen LogP contribution in [0.4, 0.5) is 0 Å². The third-order valence-corrected chi connectivity index (χ3v) is 2.83. The fourth-order valence-electron chi connectivity index (χ4n) is 1.91. The average Bonchev–Trinajstić information content (AvgIpc) is 2.18. The first-order chi connectivity index (χ1) is 6.66. The van der Waals surface area contributed by atoms with Crippen molar-refractivity contribution in [1.29, 1.82) is 0 Å². The molecule has 1 rings (SSSR count). The molecule has 0 aromatic heterocycles. The fourth-order valence-corrected chi connectivity index (χ4v) is 1.91. The van der Waals surface area contributed by atoms with E-state index in [0.717, 1.165) is 32.2 Å². The summed E-state index contributed by atoms with van der Waals surface area (Å²) in [5, 5.41) is 8.70. The van der Waals surface area contributed by atoms with Crippen molar-refractivity contribution in [3.05, 3.63) is 0 Å². The lowest BCUT2D eigenvalue weighted by Crippen LogP contribution is -2.51. The monoisotopic (exact) mass is 200 g/mol. The first kappa shape index (κ1) is 11.5. The molecule has 1 aliphatic heterocycles. The van der Waals surface area contributed by atoms with Crippen LogP contribution in [0.15, 0.2) is 0 Å². The van der Waals surface area contributed by atoms with Crippen molar-refractivity contribution in [1.82, 2.24) is 4.90 Å². The molecule has 2 atom stereocenters. The summed E-state index contributed by atoms with van der Waals surface area (Å²) in [5.41, 5.74) is 5.69. The van der Waals surface area contributed by atoms with E-state index in [1.165, 1.54) is 0 Å². The van der Waals surface area contributed by atoms with Crippen LogP contribution in [0.3, 0.4) is 0 Å². The van der Waals surface area contributed by atoms with Crippen molar-refractivity contribution in [2.45, 2.75) is 44.7 Å². The van der Waals surface area contributed by atoms with E-state index in [9.17, 15) is 4.79 Å². The Bertz CT molecular complexity index is 197. The Morgan fingerprint density at radius 1 is 1.71 bits per heavy atom. The highest BCUT2D eigenvalue weighted by molar-refractivity contribution is 5.82. The second kappa shape index (κ2) is 5.32. The van der Waals surface area contributed by atoms with Crippen molar-refractivity contribution >= 4 is 5.91 Å². The number of carbonyl (C=O) groups excluding carboxylic acids is 1. The molecular weight excluding hydrogens is 180 g/mol. The van der Waals surface area contributed by atoms with E-state index < -0.39 is 0 Å². The first-order valence-electron chi connectivity index (χ1n) is 5.33. The van der Waals surface area contributed by atoms with Gasteiger partial charge in [-0.2, -0.15) is 0 Å². The highest BCUT2D eigenvalue weighted by atomic mass is 16.3. The molecule has 0 spiro atoms. The van der Waals surface area contributed by atoms with E-state index in [4.69, 9.17) is 10.8 Å². The van der Waals surface area contributed by atoms with Gasteiger partial charge in [-0.1, -0.05) is 0 Å². The molecule has 1 fully saturated rings. The summed E-state index contributed by atoms with van der Waals surface area (Å²) in [7, 11) is 0. The minimum absolute atomic E-state index is 0.0710. The van der Waals surface area contributed by atoms with Crippen molar-refractivity contribution < 1.29 is 9.90 Å². The summed E-state index contributed by atoms with van der Waals surface area (Å²) >= 11 is 0. The Morgan fingerprint density at radius 3 is 3.07 bits per heavy atom. The number of piperidine rings is 1. The summed E-state index contributed by atoms with van der Waals surface area (Å²) in [6.07, 6.45) is 3.41. The van der Waals surface area contributed by atoms with Gasteiger partial charge in [0.15, 0.2) is 0 Å². The van der Waals surface area contributed by atoms with Gasteiger partial charge in [-0.15, -0.1) is 0 Å². The fraction of sp³-hybridized carbons (Fsp3) is 0.900. The number of hydrogen-bond donors (Lipinski definition) is 2. The number of carbonyl (C=O) groups is 1. The molecule has 0 radical (unpaired) electrons. The zero-order chi connectivity index (χ0) is 10.6. The number of nitrogens with two attached hydrogens (primary N) is 1. The quantitative estimate of drug-likeness (QED) is 0.676. The van der Waals surface area contributed by atoms with Gasteiger partial charge in [0, 0.05) is 19.2 Å². The largest absolute Gasteiger partial charge is 0.396 e. The van der Waals surface area contributed by atoms with E-state index in [2.05, 4.69) is 0 Å². The number of aliphatic hydroxyl groups is 1. The molecule has 1 saturated heterocycles. The van der Waals surface area contributed by atoms with Gasteiger partial charge in [-0.3, -0.25) is 4.79 Å². The van der Waals surface area contributed by atoms with Gasteiger partial charge in [0.25, 0.3) is 0 Å². The van der Waals surface area contributed by atoms with Crippen LogP contribution in [0.25, 0.3) is 0 Å². The molecule has 0 aromatic carbocycles. The highest BCUT2D eigenvalue weighted by Gasteiger charge is 2.28. The molecule has 4 heteroatoms. The number of likely N-dealkylation sites (tertiary alicyclic amines) is 1. The Hall–Kier alpha value is -0.610. The maximum Gasteiger partial charge on any atom is 0.239 e. The molecule has 1 aliphatic rings. The SMILES string of the molecule is CC(CCCO)N1CCCC(N)C1=O. The smallest absolute Gasteiger partial charge is 0.239 e. The second-order valence-electron chi connectivity index (χ2n) is 4.00. The van der Waals surface area contributed by atoms with Crippen LogP contribution >= 0.6 is 0 Å². The summed E-state index contributed by atoms with van der Waals surface area (Å²) in [6.45, 7) is 3.03. The number of amides is 1. The van der Waals surface area contributed by atoms with Gasteiger partial charge < -0.3 is 15.7 Å². The van der Waals surface area contributed by atoms with E-state index >= 15 is 0 Å². The summed E-state index contributed by atoms with van der Waals surface area (Å²) in [6, 6.07) is -0.0960. The lowest BCUT2D eigenvalue weighted by Gasteiger charge is -2.35. The minimum atomic E-state index is -0.305. The molecule has 82 valence electrons. The topological polar surface area (TPSA) is 66.6 Å². The van der Waals surface area contributed by atoms with E-state index in [1.807, 2.05) is 11.8 Å². The molecule has 0 aliphatic carbocycles. The zero-order valence-corrected chi connectivity index (χ0v) is 8.78. The minimum Gasteiger partial charge on any atom is -0.396 e. The zero-order valence-electron chi connectivity index (χ0n) is 8.78. The number of hydrogen-bond acceptors (Lipinski definition) is 3. The normalized spacial score (nSPS) is 25.2. The second-order valence-corrected chi connectivity index (χ2v) is 4.00. The Balaban J connectivity index is 2.44. The van der Waals surface area contributed by atoms with Crippen LogP contribution in [-0.2, 0) is 4.79 Å². The Labute approximate surface area is 85.1 Å². The predicted molar refractivity (Wildman–Crippen MR) is 54.7 cm³/mol. The highest BCUT2D eigenvalue weighted by Crippen LogP contribution is 2.15. The molecule has 0 saturated carbocycles. The van der Waals surface area contributed by atoms with Crippen molar-refractivity contribution in [2.75, 3.05) is 13.2 Å². The molecule has 1 heterocycles. The van der Waals surface area contributed by atoms with Crippen LogP contribution < -0.4 is 5.73 Å². The third-order valence-electron chi connectivity index (χ3n) is 2.83. The molecule has 4 nitrogen and oxygen atoms in total. The van der Waals surface area contributed by atoms with Gasteiger partial charge in [0.1, 0.15) is 0 Å². The van der Waals surface area contributed by atoms with Crippen LogP contribution in [0.2, 0.25) is 0 Å². The summed E-state index contributed by atoms with van der Waals surface area (Å²) < 4.78 is 0. The standard InChI is InChI=1S/C10H20N2O2/c1-8(4-3-7-13)12-6-2-5-9(11)10(12)14/h8-9,13H,2-7,11H2,1H3. The molecule has 1 amide bonds. The van der Waals surface area contributed by atoms with Crippen LogP contribution in [0.5, 0.6) is 0 Å². The third kappa shape index (κ3) is 2.69. The summed E-state index contributed by atoms with van der Waals surface area (Å²) in [5.74, 6) is 0.0710. The Kier molecular flexibility index (Phi) is 4.35. The predicted octanol–water partition coefficient (Wildman–Crippen LogP) is 0.0971. The molecular formula is C10H20N2O2. The van der Waals surface area contributed by atoms with Crippen LogP contribution in [0.1, 0.15) is 32.6 Å². The van der Waals surface area contributed by atoms with E-state index in [-0.39, 0.29) is 24.6 Å². The molecule has 2 unspecified atom stereocenters. The van der Waals surface area contributed by atoms with Gasteiger partial charge in [0.2, 0.25) is 5.91 Å².